The van der Waals surface area contributed by atoms with Crippen molar-refractivity contribution in [1.82, 2.24) is 4.98 Å². The highest BCUT2D eigenvalue weighted by atomic mass is 79.9. The third kappa shape index (κ3) is 3.51. The van der Waals surface area contributed by atoms with Gasteiger partial charge in [0.1, 0.15) is 4.60 Å². The molecule has 0 saturated heterocycles. The molecule has 0 radical (unpaired) electrons. The van der Waals surface area contributed by atoms with Crippen molar-refractivity contribution in [2.45, 2.75) is 12.9 Å². The van der Waals surface area contributed by atoms with Crippen LogP contribution in [-0.2, 0) is 6.54 Å². The summed E-state index contributed by atoms with van der Waals surface area (Å²) in [5, 5.41) is 0.0277. The average Bonchev–Trinajstić information content (AvgIpc) is 2.08. The monoisotopic (exact) mass is 304 g/mol. The van der Waals surface area contributed by atoms with Gasteiger partial charge >= 0.3 is 6.36 Å². The molecule has 0 aromatic carbocycles. The summed E-state index contributed by atoms with van der Waals surface area (Å²) in [5.41, 5.74) is 5.56. The van der Waals surface area contributed by atoms with Gasteiger partial charge in [0.2, 0.25) is 0 Å². The minimum Gasteiger partial charge on any atom is -0.403 e. The van der Waals surface area contributed by atoms with Gasteiger partial charge in [-0.25, -0.2) is 4.98 Å². The van der Waals surface area contributed by atoms with Crippen LogP contribution in [0.2, 0.25) is 5.02 Å². The largest absolute Gasteiger partial charge is 0.573 e. The van der Waals surface area contributed by atoms with Gasteiger partial charge in [0, 0.05) is 12.6 Å². The Morgan fingerprint density at radius 3 is 2.60 bits per heavy atom. The molecule has 0 saturated carbocycles. The summed E-state index contributed by atoms with van der Waals surface area (Å²) < 4.78 is 39.3. The smallest absolute Gasteiger partial charge is 0.403 e. The number of hydrogen-bond acceptors (Lipinski definition) is 3. The fourth-order valence-corrected chi connectivity index (χ4v) is 1.45. The maximum absolute atomic E-state index is 11.9. The molecule has 2 N–H and O–H groups in total. The standard InChI is InChI=1S/C7H5BrClF3N2O/c8-6-5(15-7(10,11)12)1-3(9)4(2-13)14-6/h1H,2,13H2. The van der Waals surface area contributed by atoms with Crippen molar-refractivity contribution in [3.8, 4) is 5.75 Å². The van der Waals surface area contributed by atoms with Crippen molar-refractivity contribution >= 4 is 27.5 Å². The summed E-state index contributed by atoms with van der Waals surface area (Å²) in [6, 6.07) is 1.01. The van der Waals surface area contributed by atoms with E-state index in [9.17, 15) is 13.2 Å². The molecule has 0 spiro atoms. The molecule has 0 bridgehead atoms. The van der Waals surface area contributed by atoms with Gasteiger partial charge in [-0.05, 0) is 15.9 Å². The highest BCUT2D eigenvalue weighted by Crippen LogP contribution is 2.32. The summed E-state index contributed by atoms with van der Waals surface area (Å²) in [6.07, 6.45) is -4.78. The first-order chi connectivity index (χ1) is 6.83. The Balaban J connectivity index is 3.05. The molecule has 1 aromatic heterocycles. The SMILES string of the molecule is NCc1nc(Br)c(OC(F)(F)F)cc1Cl. The Bertz CT molecular complexity index is 372. The van der Waals surface area contributed by atoms with Crippen LogP contribution in [-0.4, -0.2) is 11.3 Å². The zero-order chi connectivity index (χ0) is 11.6. The average molecular weight is 305 g/mol. The van der Waals surface area contributed by atoms with E-state index in [1.165, 1.54) is 0 Å². The fourth-order valence-electron chi connectivity index (χ4n) is 0.824. The summed E-state index contributed by atoms with van der Waals surface area (Å²) >= 11 is 8.44. The molecule has 3 nitrogen and oxygen atoms in total. The predicted molar refractivity (Wildman–Crippen MR) is 51.5 cm³/mol. The lowest BCUT2D eigenvalue weighted by molar-refractivity contribution is -0.275. The zero-order valence-corrected chi connectivity index (χ0v) is 9.45. The zero-order valence-electron chi connectivity index (χ0n) is 7.11. The van der Waals surface area contributed by atoms with Crippen LogP contribution in [0, 0.1) is 0 Å². The van der Waals surface area contributed by atoms with Gasteiger partial charge in [-0.15, -0.1) is 13.2 Å². The van der Waals surface area contributed by atoms with Crippen molar-refractivity contribution in [1.29, 1.82) is 0 Å². The minimum absolute atomic E-state index is 0.0277. The molecule has 0 atom stereocenters. The molecule has 15 heavy (non-hydrogen) atoms. The Kier molecular flexibility index (Phi) is 3.80. The number of halogens is 5. The third-order valence-electron chi connectivity index (χ3n) is 1.39. The maximum atomic E-state index is 11.9. The lowest BCUT2D eigenvalue weighted by Gasteiger charge is -2.11. The highest BCUT2D eigenvalue weighted by Gasteiger charge is 2.32. The van der Waals surface area contributed by atoms with Gasteiger partial charge in [0.25, 0.3) is 0 Å². The van der Waals surface area contributed by atoms with Crippen LogP contribution < -0.4 is 10.5 Å². The van der Waals surface area contributed by atoms with Crippen LogP contribution in [0.15, 0.2) is 10.7 Å². The Morgan fingerprint density at radius 1 is 1.53 bits per heavy atom. The first kappa shape index (κ1) is 12.5. The van der Waals surface area contributed by atoms with Gasteiger partial charge < -0.3 is 10.5 Å². The van der Waals surface area contributed by atoms with E-state index in [1.54, 1.807) is 0 Å². The molecular weight excluding hydrogens is 300 g/mol. The molecule has 0 aliphatic carbocycles. The maximum Gasteiger partial charge on any atom is 0.573 e. The van der Waals surface area contributed by atoms with E-state index in [0.29, 0.717) is 0 Å². The van der Waals surface area contributed by atoms with Crippen molar-refractivity contribution in [2.24, 2.45) is 5.73 Å². The molecule has 0 aliphatic rings. The van der Waals surface area contributed by atoms with E-state index in [0.717, 1.165) is 6.07 Å². The van der Waals surface area contributed by atoms with Gasteiger partial charge in [0.05, 0.1) is 10.7 Å². The summed E-state index contributed by atoms with van der Waals surface area (Å²) in [4.78, 5) is 3.71. The van der Waals surface area contributed by atoms with E-state index in [2.05, 4.69) is 25.7 Å². The van der Waals surface area contributed by atoms with Crippen molar-refractivity contribution < 1.29 is 17.9 Å². The molecule has 0 aliphatic heterocycles. The molecule has 0 amide bonds. The van der Waals surface area contributed by atoms with Crippen LogP contribution in [0.5, 0.6) is 5.75 Å². The van der Waals surface area contributed by atoms with E-state index < -0.39 is 12.1 Å². The van der Waals surface area contributed by atoms with Gasteiger partial charge in [0.15, 0.2) is 5.75 Å². The van der Waals surface area contributed by atoms with Crippen molar-refractivity contribution in [3.63, 3.8) is 0 Å². The van der Waals surface area contributed by atoms with Gasteiger partial charge in [-0.3, -0.25) is 0 Å². The van der Waals surface area contributed by atoms with Crippen LogP contribution in [0.4, 0.5) is 13.2 Å². The normalized spacial score (nSPS) is 11.6. The Hall–Kier alpha value is -0.530. The first-order valence-electron chi connectivity index (χ1n) is 3.64. The topological polar surface area (TPSA) is 48.1 Å². The summed E-state index contributed by atoms with van der Waals surface area (Å²) in [5.74, 6) is -0.496. The number of nitrogens with two attached hydrogens (primary N) is 1. The molecule has 0 unspecified atom stereocenters. The molecule has 1 rings (SSSR count). The van der Waals surface area contributed by atoms with E-state index in [-0.39, 0.29) is 21.9 Å². The van der Waals surface area contributed by atoms with Gasteiger partial charge in [-0.1, -0.05) is 11.6 Å². The summed E-state index contributed by atoms with van der Waals surface area (Å²) in [6.45, 7) is 0.0315. The number of pyridine rings is 1. The Labute approximate surface area is 96.5 Å². The molecule has 8 heteroatoms. The molecular formula is C7H5BrClF3N2O. The molecule has 1 aromatic rings. The van der Waals surface area contributed by atoms with Crippen molar-refractivity contribution in [2.75, 3.05) is 0 Å². The van der Waals surface area contributed by atoms with Gasteiger partial charge in [-0.2, -0.15) is 0 Å². The predicted octanol–water partition coefficient (Wildman–Crippen LogP) is 2.85. The lowest BCUT2D eigenvalue weighted by atomic mass is 10.3. The van der Waals surface area contributed by atoms with Crippen LogP contribution in [0.25, 0.3) is 0 Å². The van der Waals surface area contributed by atoms with E-state index in [4.69, 9.17) is 17.3 Å². The third-order valence-corrected chi connectivity index (χ3v) is 2.28. The summed E-state index contributed by atoms with van der Waals surface area (Å²) in [7, 11) is 0. The van der Waals surface area contributed by atoms with Crippen LogP contribution in [0.3, 0.4) is 0 Å². The number of alkyl halides is 3. The Morgan fingerprint density at radius 2 is 2.13 bits per heavy atom. The fraction of sp³-hybridized carbons (Fsp3) is 0.286. The highest BCUT2D eigenvalue weighted by molar-refractivity contribution is 9.10. The van der Waals surface area contributed by atoms with E-state index >= 15 is 0 Å². The lowest BCUT2D eigenvalue weighted by Crippen LogP contribution is -2.18. The number of hydrogen-bond donors (Lipinski definition) is 1. The quantitative estimate of drug-likeness (QED) is 0.855. The first-order valence-corrected chi connectivity index (χ1v) is 4.81. The van der Waals surface area contributed by atoms with E-state index in [1.807, 2.05) is 0 Å². The number of rotatable bonds is 2. The number of ether oxygens (including phenoxy) is 1. The van der Waals surface area contributed by atoms with Crippen LogP contribution in [0.1, 0.15) is 5.69 Å². The second-order valence-electron chi connectivity index (χ2n) is 2.46. The second-order valence-corrected chi connectivity index (χ2v) is 3.62. The molecule has 84 valence electrons. The number of aromatic nitrogens is 1. The molecule has 1 heterocycles. The van der Waals surface area contributed by atoms with Crippen molar-refractivity contribution in [3.05, 3.63) is 21.4 Å². The molecule has 0 fully saturated rings. The second kappa shape index (κ2) is 4.54. The number of nitrogens with zero attached hydrogens (tertiary/aromatic N) is 1. The minimum atomic E-state index is -4.78. The van der Waals surface area contributed by atoms with Crippen LogP contribution >= 0.6 is 27.5 Å².